The molecule has 13 heavy (non-hydrogen) atoms. The van der Waals surface area contributed by atoms with Crippen LogP contribution in [0.1, 0.15) is 18.1 Å². The molecule has 0 heterocycles. The normalized spacial score (nSPS) is 12.8. The van der Waals surface area contributed by atoms with Crippen LogP contribution in [0, 0.1) is 6.92 Å². The molecule has 2 N–H and O–H groups in total. The second kappa shape index (κ2) is 5.00. The molecule has 1 atom stereocenters. The maximum Gasteiger partial charge on any atom is 0.0582 e. The molecule has 1 aromatic rings. The average Bonchev–Trinajstić information content (AvgIpc) is 2.14. The Bertz CT molecular complexity index is 260. The van der Waals surface area contributed by atoms with E-state index in [0.717, 1.165) is 6.54 Å². The minimum absolute atomic E-state index is 0.167. The Balaban J connectivity index is 2.45. The number of benzene rings is 1. The molecular weight excluding hydrogens is 162 g/mol. The maximum absolute atomic E-state index is 8.80. The highest BCUT2D eigenvalue weighted by atomic mass is 16.3. The number of aliphatic hydroxyl groups excluding tert-OH is 1. The van der Waals surface area contributed by atoms with Crippen molar-refractivity contribution in [3.63, 3.8) is 0 Å². The lowest BCUT2D eigenvalue weighted by atomic mass is 10.1. The minimum atomic E-state index is 0.167. The number of aliphatic hydroxyl groups is 1. The van der Waals surface area contributed by atoms with E-state index in [4.69, 9.17) is 5.11 Å². The van der Waals surface area contributed by atoms with Crippen LogP contribution in [-0.4, -0.2) is 17.8 Å². The Labute approximate surface area is 79.6 Å². The summed E-state index contributed by atoms with van der Waals surface area (Å²) in [6.45, 7) is 5.06. The molecule has 72 valence electrons. The van der Waals surface area contributed by atoms with Crippen LogP contribution in [0.4, 0.5) is 0 Å². The Morgan fingerprint density at radius 1 is 1.46 bits per heavy atom. The zero-order chi connectivity index (χ0) is 9.68. The van der Waals surface area contributed by atoms with Gasteiger partial charge in [0, 0.05) is 12.6 Å². The first-order valence-electron chi connectivity index (χ1n) is 4.62. The summed E-state index contributed by atoms with van der Waals surface area (Å²) in [5, 5.41) is 12.0. The molecule has 2 nitrogen and oxygen atoms in total. The van der Waals surface area contributed by atoms with Gasteiger partial charge in [0.2, 0.25) is 0 Å². The van der Waals surface area contributed by atoms with Gasteiger partial charge < -0.3 is 10.4 Å². The first kappa shape index (κ1) is 10.2. The van der Waals surface area contributed by atoms with Crippen LogP contribution < -0.4 is 5.32 Å². The van der Waals surface area contributed by atoms with Gasteiger partial charge in [0.1, 0.15) is 0 Å². The van der Waals surface area contributed by atoms with Gasteiger partial charge in [0.25, 0.3) is 0 Å². The summed E-state index contributed by atoms with van der Waals surface area (Å²) in [6.07, 6.45) is 0. The molecular formula is C11H17NO. The van der Waals surface area contributed by atoms with Gasteiger partial charge in [-0.3, -0.25) is 0 Å². The summed E-state index contributed by atoms with van der Waals surface area (Å²) in [5.41, 5.74) is 2.54. The molecule has 0 fully saturated rings. The number of hydrogen-bond donors (Lipinski definition) is 2. The van der Waals surface area contributed by atoms with E-state index in [-0.39, 0.29) is 12.6 Å². The highest BCUT2D eigenvalue weighted by Crippen LogP contribution is 2.03. The first-order chi connectivity index (χ1) is 6.22. The predicted octanol–water partition coefficient (Wildman–Crippen LogP) is 1.47. The lowest BCUT2D eigenvalue weighted by Crippen LogP contribution is -2.28. The molecule has 0 radical (unpaired) electrons. The van der Waals surface area contributed by atoms with Crippen molar-refractivity contribution >= 4 is 0 Å². The summed E-state index contributed by atoms with van der Waals surface area (Å²) in [4.78, 5) is 0. The van der Waals surface area contributed by atoms with Crippen LogP contribution in [-0.2, 0) is 6.54 Å². The first-order valence-corrected chi connectivity index (χ1v) is 4.62. The Morgan fingerprint density at radius 3 is 2.85 bits per heavy atom. The molecule has 0 saturated heterocycles. The van der Waals surface area contributed by atoms with Crippen LogP contribution in [0.3, 0.4) is 0 Å². The zero-order valence-electron chi connectivity index (χ0n) is 8.25. The topological polar surface area (TPSA) is 32.3 Å². The molecule has 0 aliphatic carbocycles. The predicted molar refractivity (Wildman–Crippen MR) is 54.6 cm³/mol. The van der Waals surface area contributed by atoms with Crippen LogP contribution in [0.5, 0.6) is 0 Å². The van der Waals surface area contributed by atoms with Crippen LogP contribution in [0.25, 0.3) is 0 Å². The third kappa shape index (κ3) is 3.57. The van der Waals surface area contributed by atoms with E-state index < -0.39 is 0 Å². The van der Waals surface area contributed by atoms with Gasteiger partial charge in [-0.1, -0.05) is 29.8 Å². The van der Waals surface area contributed by atoms with Gasteiger partial charge >= 0.3 is 0 Å². The Hall–Kier alpha value is -0.860. The highest BCUT2D eigenvalue weighted by Gasteiger charge is 1.98. The molecule has 2 heteroatoms. The average molecular weight is 179 g/mol. The molecule has 1 rings (SSSR count). The summed E-state index contributed by atoms with van der Waals surface area (Å²) < 4.78 is 0. The van der Waals surface area contributed by atoms with E-state index in [1.807, 2.05) is 6.92 Å². The molecule has 0 aliphatic heterocycles. The van der Waals surface area contributed by atoms with Crippen LogP contribution >= 0.6 is 0 Å². The van der Waals surface area contributed by atoms with Crippen molar-refractivity contribution < 1.29 is 5.11 Å². The van der Waals surface area contributed by atoms with Crippen molar-refractivity contribution in [2.45, 2.75) is 26.4 Å². The zero-order valence-corrected chi connectivity index (χ0v) is 8.25. The van der Waals surface area contributed by atoms with E-state index in [2.05, 4.69) is 36.5 Å². The van der Waals surface area contributed by atoms with E-state index in [9.17, 15) is 0 Å². The molecule has 0 unspecified atom stereocenters. The van der Waals surface area contributed by atoms with Gasteiger partial charge in [-0.25, -0.2) is 0 Å². The lowest BCUT2D eigenvalue weighted by Gasteiger charge is -2.10. The van der Waals surface area contributed by atoms with Crippen molar-refractivity contribution in [1.29, 1.82) is 0 Å². The molecule has 0 aliphatic rings. The van der Waals surface area contributed by atoms with E-state index in [0.29, 0.717) is 0 Å². The van der Waals surface area contributed by atoms with Crippen molar-refractivity contribution in [1.82, 2.24) is 5.32 Å². The number of nitrogens with one attached hydrogen (secondary N) is 1. The molecule has 0 spiro atoms. The molecule has 0 aromatic heterocycles. The minimum Gasteiger partial charge on any atom is -0.395 e. The number of rotatable bonds is 4. The number of hydrogen-bond acceptors (Lipinski definition) is 2. The highest BCUT2D eigenvalue weighted by molar-refractivity contribution is 5.21. The van der Waals surface area contributed by atoms with Crippen LogP contribution in [0.2, 0.25) is 0 Å². The van der Waals surface area contributed by atoms with Crippen molar-refractivity contribution in [3.8, 4) is 0 Å². The van der Waals surface area contributed by atoms with Gasteiger partial charge in [0.15, 0.2) is 0 Å². The third-order valence-electron chi connectivity index (χ3n) is 2.01. The second-order valence-electron chi connectivity index (χ2n) is 3.45. The maximum atomic E-state index is 8.80. The van der Waals surface area contributed by atoms with Crippen LogP contribution in [0.15, 0.2) is 24.3 Å². The summed E-state index contributed by atoms with van der Waals surface area (Å²) >= 11 is 0. The smallest absolute Gasteiger partial charge is 0.0582 e. The fourth-order valence-corrected chi connectivity index (χ4v) is 1.18. The Kier molecular flexibility index (Phi) is 3.93. The molecule has 0 amide bonds. The molecule has 0 bridgehead atoms. The van der Waals surface area contributed by atoms with Crippen molar-refractivity contribution in [2.24, 2.45) is 0 Å². The molecule has 0 saturated carbocycles. The Morgan fingerprint density at radius 2 is 2.23 bits per heavy atom. The van der Waals surface area contributed by atoms with Crippen molar-refractivity contribution in [2.75, 3.05) is 6.61 Å². The van der Waals surface area contributed by atoms with Gasteiger partial charge in [-0.15, -0.1) is 0 Å². The van der Waals surface area contributed by atoms with E-state index in [1.165, 1.54) is 11.1 Å². The van der Waals surface area contributed by atoms with Gasteiger partial charge in [-0.2, -0.15) is 0 Å². The molecule has 1 aromatic carbocycles. The summed E-state index contributed by atoms with van der Waals surface area (Å²) in [6, 6.07) is 8.54. The fourth-order valence-electron chi connectivity index (χ4n) is 1.18. The SMILES string of the molecule is Cc1cccc(CN[C@@H](C)CO)c1. The fraction of sp³-hybridized carbons (Fsp3) is 0.455. The third-order valence-corrected chi connectivity index (χ3v) is 2.01. The monoisotopic (exact) mass is 179 g/mol. The van der Waals surface area contributed by atoms with Crippen molar-refractivity contribution in [3.05, 3.63) is 35.4 Å². The quantitative estimate of drug-likeness (QED) is 0.733. The van der Waals surface area contributed by atoms with Gasteiger partial charge in [0.05, 0.1) is 6.61 Å². The summed E-state index contributed by atoms with van der Waals surface area (Å²) in [5.74, 6) is 0. The lowest BCUT2D eigenvalue weighted by molar-refractivity contribution is 0.251. The largest absolute Gasteiger partial charge is 0.395 e. The summed E-state index contributed by atoms with van der Waals surface area (Å²) in [7, 11) is 0. The van der Waals surface area contributed by atoms with Gasteiger partial charge in [-0.05, 0) is 19.4 Å². The van der Waals surface area contributed by atoms with E-state index in [1.54, 1.807) is 0 Å². The standard InChI is InChI=1S/C11H17NO/c1-9-4-3-5-11(6-9)7-12-10(2)8-13/h3-6,10,12-13H,7-8H2,1-2H3/t10-/m0/s1. The van der Waals surface area contributed by atoms with E-state index >= 15 is 0 Å². The second-order valence-corrected chi connectivity index (χ2v) is 3.45. The number of aryl methyl sites for hydroxylation is 1.